The number of nitrogens with one attached hydrogen (secondary N) is 3. The van der Waals surface area contributed by atoms with Crippen molar-refractivity contribution >= 4 is 17.7 Å². The number of nitrogens with two attached hydrogens (primary N) is 4. The molecular formula is C26H37N7O5. The Hall–Kier alpha value is -3.71. The van der Waals surface area contributed by atoms with Crippen LogP contribution in [0.25, 0.3) is 11.1 Å². The maximum absolute atomic E-state index is 13.3. The van der Waals surface area contributed by atoms with Crippen molar-refractivity contribution < 1.29 is 24.6 Å². The van der Waals surface area contributed by atoms with Gasteiger partial charge in [0.05, 0.1) is 6.04 Å². The molecule has 0 aliphatic carbocycles. The van der Waals surface area contributed by atoms with Crippen LogP contribution in [0.2, 0.25) is 0 Å². The second kappa shape index (κ2) is 13.2. The van der Waals surface area contributed by atoms with Crippen molar-refractivity contribution in [2.75, 3.05) is 19.6 Å². The van der Waals surface area contributed by atoms with E-state index in [4.69, 9.17) is 22.9 Å². The molecule has 12 nitrogen and oxygen atoms in total. The largest absolute Gasteiger partial charge is 0.508 e. The van der Waals surface area contributed by atoms with Crippen LogP contribution in [0.15, 0.2) is 36.4 Å². The summed E-state index contributed by atoms with van der Waals surface area (Å²) < 4.78 is 0. The molecule has 0 saturated heterocycles. The minimum atomic E-state index is -1.10. The molecule has 0 spiro atoms. The molecule has 3 amide bonds. The average molecular weight is 528 g/mol. The van der Waals surface area contributed by atoms with E-state index in [1.165, 1.54) is 12.1 Å². The quantitative estimate of drug-likeness (QED) is 0.199. The number of fused-ring (bicyclic) bond motifs is 5. The molecule has 0 radical (unpaired) electrons. The number of amides is 3. The molecule has 4 atom stereocenters. The van der Waals surface area contributed by atoms with Crippen LogP contribution in [0.3, 0.4) is 0 Å². The number of rotatable bonds is 7. The van der Waals surface area contributed by atoms with E-state index < -0.39 is 41.9 Å². The van der Waals surface area contributed by atoms with Gasteiger partial charge < -0.3 is 49.1 Å². The summed E-state index contributed by atoms with van der Waals surface area (Å²) in [5.41, 5.74) is 25.4. The summed E-state index contributed by atoms with van der Waals surface area (Å²) in [6, 6.07) is 6.17. The molecule has 0 aromatic heterocycles. The summed E-state index contributed by atoms with van der Waals surface area (Å²) in [4.78, 5) is 39.4. The van der Waals surface area contributed by atoms with Crippen LogP contribution in [0.1, 0.15) is 24.0 Å². The summed E-state index contributed by atoms with van der Waals surface area (Å²) in [5, 5.41) is 29.0. The van der Waals surface area contributed by atoms with Crippen LogP contribution < -0.4 is 38.9 Å². The van der Waals surface area contributed by atoms with E-state index in [1.54, 1.807) is 24.3 Å². The van der Waals surface area contributed by atoms with Gasteiger partial charge in [-0.3, -0.25) is 14.4 Å². The van der Waals surface area contributed by atoms with Gasteiger partial charge in [0.1, 0.15) is 23.6 Å². The first-order valence-electron chi connectivity index (χ1n) is 12.6. The lowest BCUT2D eigenvalue weighted by Gasteiger charge is -2.25. The monoisotopic (exact) mass is 527 g/mol. The minimum absolute atomic E-state index is 0.0219. The zero-order valence-corrected chi connectivity index (χ0v) is 21.2. The number of phenolic OH excluding ortho intramolecular Hbond substituents is 2. The van der Waals surface area contributed by atoms with Crippen LogP contribution in [-0.4, -0.2) is 71.7 Å². The fourth-order valence-electron chi connectivity index (χ4n) is 4.20. The third-order valence-electron chi connectivity index (χ3n) is 6.50. The van der Waals surface area contributed by atoms with E-state index >= 15 is 0 Å². The molecule has 38 heavy (non-hydrogen) atoms. The van der Waals surface area contributed by atoms with Crippen LogP contribution in [0, 0.1) is 0 Å². The van der Waals surface area contributed by atoms with E-state index in [1.807, 2.05) is 0 Å². The number of aromatic hydroxyl groups is 2. The predicted molar refractivity (Wildman–Crippen MR) is 143 cm³/mol. The van der Waals surface area contributed by atoms with Crippen molar-refractivity contribution in [2.24, 2.45) is 22.9 Å². The van der Waals surface area contributed by atoms with E-state index in [0.29, 0.717) is 28.7 Å². The highest BCUT2D eigenvalue weighted by atomic mass is 16.3. The highest BCUT2D eigenvalue weighted by Crippen LogP contribution is 2.30. The second-order valence-corrected chi connectivity index (χ2v) is 9.50. The Balaban J connectivity index is 2.06. The van der Waals surface area contributed by atoms with Crippen molar-refractivity contribution in [3.8, 4) is 22.6 Å². The van der Waals surface area contributed by atoms with Crippen LogP contribution in [0.5, 0.6) is 11.5 Å². The van der Waals surface area contributed by atoms with Crippen LogP contribution in [-0.2, 0) is 27.2 Å². The van der Waals surface area contributed by atoms with Gasteiger partial charge in [-0.05, 0) is 65.9 Å². The molecule has 2 aromatic rings. The van der Waals surface area contributed by atoms with Crippen LogP contribution >= 0.6 is 0 Å². The van der Waals surface area contributed by atoms with E-state index in [0.717, 1.165) is 0 Å². The van der Waals surface area contributed by atoms with Gasteiger partial charge >= 0.3 is 0 Å². The topological polar surface area (TPSA) is 232 Å². The number of phenols is 2. The third kappa shape index (κ3) is 7.42. The Morgan fingerprint density at radius 2 is 1.58 bits per heavy atom. The molecule has 12 heteroatoms. The highest BCUT2D eigenvalue weighted by molar-refractivity contribution is 5.93. The van der Waals surface area contributed by atoms with Crippen molar-refractivity contribution in [3.63, 3.8) is 0 Å². The van der Waals surface area contributed by atoms with Gasteiger partial charge in [-0.25, -0.2) is 0 Å². The summed E-state index contributed by atoms with van der Waals surface area (Å²) in [6.07, 6.45) is 0.626. The van der Waals surface area contributed by atoms with Crippen LogP contribution in [0.4, 0.5) is 0 Å². The number of benzene rings is 2. The molecule has 0 fully saturated rings. The first-order chi connectivity index (χ1) is 18.1. The molecule has 2 aromatic carbocycles. The molecular weight excluding hydrogens is 490 g/mol. The zero-order valence-electron chi connectivity index (χ0n) is 21.2. The van der Waals surface area contributed by atoms with Gasteiger partial charge in [0.25, 0.3) is 0 Å². The number of carbonyl (C=O) groups is 3. The molecule has 206 valence electrons. The lowest BCUT2D eigenvalue weighted by atomic mass is 9.95. The average Bonchev–Trinajstić information content (AvgIpc) is 2.90. The van der Waals surface area contributed by atoms with Gasteiger partial charge in [-0.2, -0.15) is 0 Å². The number of hydrogen-bond acceptors (Lipinski definition) is 9. The Bertz CT molecular complexity index is 1160. The van der Waals surface area contributed by atoms with Gasteiger partial charge in [-0.15, -0.1) is 0 Å². The Morgan fingerprint density at radius 3 is 2.16 bits per heavy atom. The molecule has 1 aliphatic heterocycles. The van der Waals surface area contributed by atoms with E-state index in [-0.39, 0.29) is 50.4 Å². The Kier molecular flexibility index (Phi) is 10.0. The predicted octanol–water partition coefficient (Wildman–Crippen LogP) is -1.70. The molecule has 13 N–H and O–H groups in total. The summed E-state index contributed by atoms with van der Waals surface area (Å²) in [7, 11) is 0. The number of carbonyl (C=O) groups excluding carboxylic acids is 3. The first-order valence-corrected chi connectivity index (χ1v) is 12.6. The lowest BCUT2D eigenvalue weighted by molar-refractivity contribution is -0.132. The Morgan fingerprint density at radius 1 is 0.974 bits per heavy atom. The summed E-state index contributed by atoms with van der Waals surface area (Å²) in [5.74, 6) is -1.79. The molecule has 0 saturated carbocycles. The lowest BCUT2D eigenvalue weighted by Crippen LogP contribution is -2.57. The molecule has 1 aliphatic rings. The molecule has 3 rings (SSSR count). The maximum Gasteiger partial charge on any atom is 0.243 e. The summed E-state index contributed by atoms with van der Waals surface area (Å²) in [6.45, 7) is 0.530. The van der Waals surface area contributed by atoms with E-state index in [9.17, 15) is 24.6 Å². The third-order valence-corrected chi connectivity index (χ3v) is 6.50. The van der Waals surface area contributed by atoms with Gasteiger partial charge in [0.2, 0.25) is 17.7 Å². The second-order valence-electron chi connectivity index (χ2n) is 9.50. The maximum atomic E-state index is 13.3. The van der Waals surface area contributed by atoms with Gasteiger partial charge in [0.15, 0.2) is 0 Å². The van der Waals surface area contributed by atoms with Crippen molar-refractivity contribution in [1.82, 2.24) is 16.0 Å². The highest BCUT2D eigenvalue weighted by Gasteiger charge is 2.29. The van der Waals surface area contributed by atoms with Crippen molar-refractivity contribution in [2.45, 2.75) is 49.9 Å². The summed E-state index contributed by atoms with van der Waals surface area (Å²) >= 11 is 0. The normalized spacial score (nSPS) is 20.9. The number of hydrogen-bond donors (Lipinski definition) is 9. The van der Waals surface area contributed by atoms with Crippen molar-refractivity contribution in [1.29, 1.82) is 0 Å². The van der Waals surface area contributed by atoms with Crippen molar-refractivity contribution in [3.05, 3.63) is 47.5 Å². The minimum Gasteiger partial charge on any atom is -0.508 e. The standard InChI is InChI=1S/C26H37N7O5/c27-7-1-2-20-26(38)33-21(25(37)31-13-18(29)12-28)11-17-9-15(4-6-23(17)35)14-3-5-22(34)16(8-14)10-19(30)24(36)32-20/h3-6,8-9,18-21,34-35H,1-2,7,10-13,27-30H2,(H,31,37)(H,32,36)(H,33,38)/t18-,19+,20-,21-/m0/s1. The van der Waals surface area contributed by atoms with E-state index in [2.05, 4.69) is 16.0 Å². The first kappa shape index (κ1) is 28.9. The van der Waals surface area contributed by atoms with Gasteiger partial charge in [0, 0.05) is 32.0 Å². The SMILES string of the molecule is NCCC[C@@H]1NC(=O)[C@H](N)Cc2cc(ccc2O)-c2ccc(O)c(c2)C[C@@H](C(=O)NC[C@@H](N)CN)NC1=O. The molecule has 1 heterocycles. The Labute approximate surface area is 221 Å². The fraction of sp³-hybridized carbons (Fsp3) is 0.423. The molecule has 0 unspecified atom stereocenters. The zero-order chi connectivity index (χ0) is 27.8. The smallest absolute Gasteiger partial charge is 0.243 e. The fourth-order valence-corrected chi connectivity index (χ4v) is 4.20. The van der Waals surface area contributed by atoms with Gasteiger partial charge in [-0.1, -0.05) is 12.1 Å². The molecule has 4 bridgehead atoms.